The Labute approximate surface area is 142 Å². The van der Waals surface area contributed by atoms with Gasteiger partial charge in [-0.25, -0.2) is 4.39 Å². The van der Waals surface area contributed by atoms with Crippen LogP contribution in [0.4, 0.5) is 4.39 Å². The third kappa shape index (κ3) is 4.19. The van der Waals surface area contributed by atoms with Gasteiger partial charge in [-0.1, -0.05) is 51.3 Å². The number of rotatable bonds is 4. The lowest BCUT2D eigenvalue weighted by molar-refractivity contribution is 0.492. The predicted octanol–water partition coefficient (Wildman–Crippen LogP) is 6.31. The number of hydrogen-bond donors (Lipinski definition) is 1. The summed E-state index contributed by atoms with van der Waals surface area (Å²) in [4.78, 5) is 0. The fourth-order valence-electron chi connectivity index (χ4n) is 2.26. The smallest absolute Gasteiger partial charge is 0.124 e. The van der Waals surface area contributed by atoms with E-state index in [2.05, 4.69) is 21.2 Å². The molecular weight excluding hydrogens is 376 g/mol. The van der Waals surface area contributed by atoms with Crippen LogP contribution < -0.4 is 5.32 Å². The van der Waals surface area contributed by atoms with Crippen molar-refractivity contribution >= 4 is 39.1 Å². The van der Waals surface area contributed by atoms with Crippen LogP contribution in [0.15, 0.2) is 40.9 Å². The maximum Gasteiger partial charge on any atom is 0.124 e. The maximum atomic E-state index is 13.1. The van der Waals surface area contributed by atoms with Crippen molar-refractivity contribution in [1.82, 2.24) is 5.32 Å². The van der Waals surface area contributed by atoms with Crippen molar-refractivity contribution in [2.75, 3.05) is 0 Å². The molecule has 0 bridgehead atoms. The average molecular weight is 391 g/mol. The summed E-state index contributed by atoms with van der Waals surface area (Å²) in [6.07, 6.45) is 0. The summed E-state index contributed by atoms with van der Waals surface area (Å²) in [5, 5.41) is 4.70. The molecule has 1 N–H and O–H groups in total. The summed E-state index contributed by atoms with van der Waals surface area (Å²) >= 11 is 15.5. The Kier molecular flexibility index (Phi) is 5.67. The molecule has 5 heteroatoms. The zero-order valence-electron chi connectivity index (χ0n) is 11.6. The van der Waals surface area contributed by atoms with Crippen LogP contribution in [0.2, 0.25) is 10.0 Å². The van der Waals surface area contributed by atoms with Gasteiger partial charge in [-0.2, -0.15) is 0 Å². The fraction of sp³-hybridized carbons (Fsp3) is 0.250. The second-order valence-electron chi connectivity index (χ2n) is 4.94. The van der Waals surface area contributed by atoms with Crippen molar-refractivity contribution in [3.8, 4) is 0 Å². The van der Waals surface area contributed by atoms with Crippen LogP contribution in [0.1, 0.15) is 37.1 Å². The molecule has 0 amide bonds. The summed E-state index contributed by atoms with van der Waals surface area (Å²) in [5.41, 5.74) is 1.97. The monoisotopic (exact) mass is 389 g/mol. The molecular formula is C16H15BrCl2FN. The summed E-state index contributed by atoms with van der Waals surface area (Å²) in [6.45, 7) is 4.06. The van der Waals surface area contributed by atoms with Crippen molar-refractivity contribution in [3.05, 3.63) is 67.9 Å². The highest BCUT2D eigenvalue weighted by Crippen LogP contribution is 2.30. The second kappa shape index (κ2) is 7.10. The van der Waals surface area contributed by atoms with Gasteiger partial charge in [0.05, 0.1) is 0 Å². The molecule has 0 fully saturated rings. The molecule has 2 atom stereocenters. The van der Waals surface area contributed by atoms with E-state index in [9.17, 15) is 4.39 Å². The minimum atomic E-state index is -0.258. The van der Waals surface area contributed by atoms with Crippen LogP contribution in [0, 0.1) is 5.82 Å². The summed E-state index contributed by atoms with van der Waals surface area (Å²) in [7, 11) is 0. The summed E-state index contributed by atoms with van der Waals surface area (Å²) < 4.78 is 13.9. The van der Waals surface area contributed by atoms with Gasteiger partial charge in [0, 0.05) is 26.6 Å². The third-order valence-electron chi connectivity index (χ3n) is 3.36. The van der Waals surface area contributed by atoms with E-state index in [1.807, 2.05) is 26.0 Å². The summed E-state index contributed by atoms with van der Waals surface area (Å²) in [6, 6.07) is 10.2. The quantitative estimate of drug-likeness (QED) is 0.645. The van der Waals surface area contributed by atoms with E-state index in [-0.39, 0.29) is 17.9 Å². The molecule has 0 radical (unpaired) electrons. The van der Waals surface area contributed by atoms with E-state index in [0.29, 0.717) is 10.0 Å². The normalized spacial score (nSPS) is 14.0. The Morgan fingerprint density at radius 1 is 1.00 bits per heavy atom. The maximum absolute atomic E-state index is 13.1. The van der Waals surface area contributed by atoms with Crippen LogP contribution in [0.3, 0.4) is 0 Å². The lowest BCUT2D eigenvalue weighted by Crippen LogP contribution is -2.23. The van der Waals surface area contributed by atoms with Gasteiger partial charge in [-0.3, -0.25) is 0 Å². The number of nitrogens with one attached hydrogen (secondary N) is 1. The Hall–Kier alpha value is -0.610. The second-order valence-corrected chi connectivity index (χ2v) is 6.64. The van der Waals surface area contributed by atoms with Gasteiger partial charge in [-0.05, 0) is 49.2 Å². The highest BCUT2D eigenvalue weighted by molar-refractivity contribution is 9.10. The van der Waals surface area contributed by atoms with E-state index in [0.717, 1.165) is 15.6 Å². The van der Waals surface area contributed by atoms with Gasteiger partial charge in [0.15, 0.2) is 0 Å². The van der Waals surface area contributed by atoms with Crippen LogP contribution in [0.25, 0.3) is 0 Å². The molecule has 2 aromatic rings. The average Bonchev–Trinajstić information content (AvgIpc) is 2.37. The lowest BCUT2D eigenvalue weighted by Gasteiger charge is -2.22. The molecule has 0 aliphatic rings. The number of hydrogen-bond acceptors (Lipinski definition) is 1. The van der Waals surface area contributed by atoms with Crippen molar-refractivity contribution < 1.29 is 4.39 Å². The van der Waals surface area contributed by atoms with Gasteiger partial charge in [0.1, 0.15) is 5.82 Å². The third-order valence-corrected chi connectivity index (χ3v) is 4.61. The van der Waals surface area contributed by atoms with E-state index in [1.165, 1.54) is 12.1 Å². The van der Waals surface area contributed by atoms with E-state index >= 15 is 0 Å². The number of halogens is 4. The van der Waals surface area contributed by atoms with Gasteiger partial charge >= 0.3 is 0 Å². The first-order valence-electron chi connectivity index (χ1n) is 6.54. The predicted molar refractivity (Wildman–Crippen MR) is 90.5 cm³/mol. The summed E-state index contributed by atoms with van der Waals surface area (Å²) in [5.74, 6) is -0.258. The zero-order valence-corrected chi connectivity index (χ0v) is 14.7. The first-order valence-corrected chi connectivity index (χ1v) is 8.09. The Morgan fingerprint density at radius 2 is 1.62 bits per heavy atom. The Morgan fingerprint density at radius 3 is 2.24 bits per heavy atom. The standard InChI is InChI=1S/C16H15BrCl2FN/c1-9(13-6-4-12(20)8-15(13)17)21-10(2)14-5-3-11(18)7-16(14)19/h3-10,21H,1-2H3. The molecule has 2 aromatic carbocycles. The molecule has 0 aromatic heterocycles. The lowest BCUT2D eigenvalue weighted by atomic mass is 10.0. The molecule has 21 heavy (non-hydrogen) atoms. The van der Waals surface area contributed by atoms with E-state index in [4.69, 9.17) is 23.2 Å². The number of benzene rings is 2. The highest BCUT2D eigenvalue weighted by atomic mass is 79.9. The molecule has 0 saturated heterocycles. The van der Waals surface area contributed by atoms with Crippen LogP contribution in [0.5, 0.6) is 0 Å². The molecule has 0 heterocycles. The van der Waals surface area contributed by atoms with Crippen molar-refractivity contribution in [2.24, 2.45) is 0 Å². The van der Waals surface area contributed by atoms with Gasteiger partial charge in [-0.15, -0.1) is 0 Å². The molecule has 0 saturated carbocycles. The van der Waals surface area contributed by atoms with Gasteiger partial charge in [0.2, 0.25) is 0 Å². The first-order chi connectivity index (χ1) is 9.88. The minimum Gasteiger partial charge on any atom is -0.304 e. The molecule has 112 valence electrons. The van der Waals surface area contributed by atoms with Crippen molar-refractivity contribution in [3.63, 3.8) is 0 Å². The molecule has 0 spiro atoms. The first kappa shape index (κ1) is 16.8. The topological polar surface area (TPSA) is 12.0 Å². The molecule has 0 aliphatic carbocycles. The molecule has 0 aliphatic heterocycles. The molecule has 2 rings (SSSR count). The van der Waals surface area contributed by atoms with Crippen LogP contribution in [-0.4, -0.2) is 0 Å². The van der Waals surface area contributed by atoms with E-state index < -0.39 is 0 Å². The Bertz CT molecular complexity index is 593. The van der Waals surface area contributed by atoms with Crippen molar-refractivity contribution in [1.29, 1.82) is 0 Å². The van der Waals surface area contributed by atoms with Gasteiger partial charge in [0.25, 0.3) is 0 Å². The van der Waals surface area contributed by atoms with Crippen LogP contribution in [-0.2, 0) is 0 Å². The fourth-order valence-corrected chi connectivity index (χ4v) is 3.53. The zero-order chi connectivity index (χ0) is 15.6. The van der Waals surface area contributed by atoms with Crippen LogP contribution >= 0.6 is 39.1 Å². The van der Waals surface area contributed by atoms with E-state index in [1.54, 1.807) is 12.1 Å². The highest BCUT2D eigenvalue weighted by Gasteiger charge is 2.16. The SMILES string of the molecule is CC(NC(C)c1ccc(F)cc1Br)c1ccc(Cl)cc1Cl. The largest absolute Gasteiger partial charge is 0.304 e. The Balaban J connectivity index is 2.16. The molecule has 1 nitrogen and oxygen atoms in total. The molecule has 2 unspecified atom stereocenters. The van der Waals surface area contributed by atoms with Gasteiger partial charge < -0.3 is 5.32 Å². The minimum absolute atomic E-state index is 0.0433. The van der Waals surface area contributed by atoms with Crippen molar-refractivity contribution in [2.45, 2.75) is 25.9 Å².